The van der Waals surface area contributed by atoms with Crippen molar-refractivity contribution < 1.29 is 13.2 Å². The van der Waals surface area contributed by atoms with E-state index in [9.17, 15) is 13.2 Å². The minimum atomic E-state index is -3.84. The van der Waals surface area contributed by atoms with Crippen molar-refractivity contribution in [1.29, 1.82) is 0 Å². The van der Waals surface area contributed by atoms with E-state index >= 15 is 0 Å². The van der Waals surface area contributed by atoms with Crippen LogP contribution < -0.4 is 10.0 Å². The Morgan fingerprint density at radius 2 is 1.61 bits per heavy atom. The summed E-state index contributed by atoms with van der Waals surface area (Å²) in [6.07, 6.45) is 0. The maximum Gasteiger partial charge on any atom is 0.262 e. The van der Waals surface area contributed by atoms with Gasteiger partial charge >= 0.3 is 0 Å². The summed E-state index contributed by atoms with van der Waals surface area (Å²) in [4.78, 5) is 12.7. The molecule has 0 fully saturated rings. The Bertz CT molecular complexity index is 1250. The molecular formula is C26H30N2O3S2. The van der Waals surface area contributed by atoms with Gasteiger partial charge in [0.05, 0.1) is 10.6 Å². The van der Waals surface area contributed by atoms with Gasteiger partial charge in [-0.05, 0) is 68.1 Å². The lowest BCUT2D eigenvalue weighted by Gasteiger charge is -2.14. The van der Waals surface area contributed by atoms with Gasteiger partial charge in [0, 0.05) is 23.6 Å². The Kier molecular flexibility index (Phi) is 8.21. The van der Waals surface area contributed by atoms with Crippen molar-refractivity contribution >= 4 is 33.4 Å². The fourth-order valence-corrected chi connectivity index (χ4v) is 5.61. The topological polar surface area (TPSA) is 75.3 Å². The van der Waals surface area contributed by atoms with Crippen LogP contribution >= 0.6 is 11.8 Å². The van der Waals surface area contributed by atoms with Crippen molar-refractivity contribution in [3.8, 4) is 0 Å². The van der Waals surface area contributed by atoms with Gasteiger partial charge in [0.1, 0.15) is 0 Å². The number of benzene rings is 3. The zero-order valence-corrected chi connectivity index (χ0v) is 21.1. The van der Waals surface area contributed by atoms with Gasteiger partial charge in [-0.25, -0.2) is 8.42 Å². The van der Waals surface area contributed by atoms with E-state index in [1.54, 1.807) is 36.9 Å². The molecule has 0 radical (unpaired) electrons. The molecule has 1 amide bonds. The van der Waals surface area contributed by atoms with Crippen LogP contribution in [-0.4, -0.2) is 26.6 Å². The molecule has 0 spiro atoms. The average molecular weight is 483 g/mol. The number of nitrogens with one attached hydrogen (secondary N) is 2. The highest BCUT2D eigenvalue weighted by Gasteiger charge is 2.20. The number of hydrogen-bond donors (Lipinski definition) is 2. The third-order valence-electron chi connectivity index (χ3n) is 5.26. The van der Waals surface area contributed by atoms with Crippen molar-refractivity contribution in [2.75, 3.05) is 17.0 Å². The zero-order chi connectivity index (χ0) is 24.0. The van der Waals surface area contributed by atoms with Crippen LogP contribution in [0.2, 0.25) is 0 Å². The van der Waals surface area contributed by atoms with Crippen LogP contribution in [0.5, 0.6) is 0 Å². The van der Waals surface area contributed by atoms with Gasteiger partial charge in [0.15, 0.2) is 0 Å². The smallest absolute Gasteiger partial charge is 0.262 e. The lowest BCUT2D eigenvalue weighted by atomic mass is 10.1. The number of carbonyl (C=O) groups is 1. The van der Waals surface area contributed by atoms with Crippen molar-refractivity contribution in [1.82, 2.24) is 5.32 Å². The van der Waals surface area contributed by atoms with Crippen molar-refractivity contribution in [3.63, 3.8) is 0 Å². The summed E-state index contributed by atoms with van der Waals surface area (Å²) < 4.78 is 28.8. The normalized spacial score (nSPS) is 11.3. The molecule has 7 heteroatoms. The van der Waals surface area contributed by atoms with E-state index in [-0.39, 0.29) is 10.8 Å². The number of carbonyl (C=O) groups excluding carboxylic acids is 1. The molecule has 0 aliphatic carbocycles. The van der Waals surface area contributed by atoms with Crippen LogP contribution in [0, 0.1) is 27.7 Å². The van der Waals surface area contributed by atoms with Gasteiger partial charge in [-0.2, -0.15) is 11.8 Å². The molecule has 0 atom stereocenters. The zero-order valence-electron chi connectivity index (χ0n) is 19.4. The van der Waals surface area contributed by atoms with Gasteiger partial charge in [-0.3, -0.25) is 9.52 Å². The predicted molar refractivity (Wildman–Crippen MR) is 138 cm³/mol. The lowest BCUT2D eigenvalue weighted by Crippen LogP contribution is -2.26. The number of sulfonamides is 1. The molecule has 0 saturated heterocycles. The first-order chi connectivity index (χ1) is 15.7. The maximum absolute atomic E-state index is 13.1. The average Bonchev–Trinajstić information content (AvgIpc) is 2.76. The standard InChI is InChI=1S/C26H30N2O3S2/c1-18-6-5-7-22(14-18)17-32-13-12-27-26(29)23-11-10-21(4)25(16-23)33(30,31)28-24-15-19(2)8-9-20(24)3/h5-11,14-16,28H,12-13,17H2,1-4H3,(H,27,29). The first kappa shape index (κ1) is 24.9. The van der Waals surface area contributed by atoms with E-state index < -0.39 is 10.0 Å². The van der Waals surface area contributed by atoms with Crippen molar-refractivity contribution in [2.45, 2.75) is 38.3 Å². The number of aryl methyl sites for hydroxylation is 4. The van der Waals surface area contributed by atoms with E-state index in [1.165, 1.54) is 17.2 Å². The Hall–Kier alpha value is -2.77. The summed E-state index contributed by atoms with van der Waals surface area (Å²) >= 11 is 1.75. The van der Waals surface area contributed by atoms with E-state index in [0.29, 0.717) is 23.4 Å². The molecule has 3 aromatic carbocycles. The molecule has 0 aliphatic heterocycles. The number of amides is 1. The van der Waals surface area contributed by atoms with Gasteiger partial charge < -0.3 is 5.32 Å². The van der Waals surface area contributed by atoms with Crippen LogP contribution in [-0.2, 0) is 15.8 Å². The molecule has 174 valence electrons. The molecule has 3 aromatic rings. The molecule has 0 aliphatic rings. The fourth-order valence-electron chi connectivity index (χ4n) is 3.41. The molecule has 2 N–H and O–H groups in total. The molecule has 0 bridgehead atoms. The van der Waals surface area contributed by atoms with Crippen LogP contribution in [0.15, 0.2) is 65.6 Å². The Morgan fingerprint density at radius 1 is 0.879 bits per heavy atom. The molecule has 3 rings (SSSR count). The molecule has 0 aromatic heterocycles. The third-order valence-corrected chi connectivity index (χ3v) is 7.80. The summed E-state index contributed by atoms with van der Waals surface area (Å²) in [6, 6.07) is 18.7. The van der Waals surface area contributed by atoms with Crippen LogP contribution in [0.3, 0.4) is 0 Å². The Labute approximate surface area is 201 Å². The second-order valence-electron chi connectivity index (χ2n) is 8.20. The fraction of sp³-hybridized carbons (Fsp3) is 0.269. The van der Waals surface area contributed by atoms with Crippen molar-refractivity contribution in [3.05, 3.63) is 94.0 Å². The minimum absolute atomic E-state index is 0.102. The molecule has 0 heterocycles. The van der Waals surface area contributed by atoms with E-state index in [2.05, 4.69) is 35.2 Å². The molecule has 0 saturated carbocycles. The first-order valence-electron chi connectivity index (χ1n) is 10.8. The molecule has 33 heavy (non-hydrogen) atoms. The van der Waals surface area contributed by atoms with Gasteiger partial charge in [-0.15, -0.1) is 0 Å². The minimum Gasteiger partial charge on any atom is -0.351 e. The largest absolute Gasteiger partial charge is 0.351 e. The summed E-state index contributed by atoms with van der Waals surface area (Å²) in [5.74, 6) is 1.37. The van der Waals surface area contributed by atoms with Crippen LogP contribution in [0.25, 0.3) is 0 Å². The first-order valence-corrected chi connectivity index (χ1v) is 13.4. The predicted octanol–water partition coefficient (Wildman–Crippen LogP) is 5.38. The van der Waals surface area contributed by atoms with E-state index in [0.717, 1.165) is 22.6 Å². The maximum atomic E-state index is 13.1. The number of rotatable bonds is 9. The third kappa shape index (κ3) is 6.85. The molecule has 0 unspecified atom stereocenters. The monoisotopic (exact) mass is 482 g/mol. The molecular weight excluding hydrogens is 452 g/mol. The Balaban J connectivity index is 1.62. The van der Waals surface area contributed by atoms with E-state index in [1.807, 2.05) is 32.0 Å². The highest BCUT2D eigenvalue weighted by molar-refractivity contribution is 7.98. The number of anilines is 1. The quantitative estimate of drug-likeness (QED) is 0.401. The summed E-state index contributed by atoms with van der Waals surface area (Å²) in [5, 5.41) is 2.89. The highest BCUT2D eigenvalue weighted by Crippen LogP contribution is 2.24. The van der Waals surface area contributed by atoms with Crippen LogP contribution in [0.4, 0.5) is 5.69 Å². The van der Waals surface area contributed by atoms with Gasteiger partial charge in [0.25, 0.3) is 15.9 Å². The summed E-state index contributed by atoms with van der Waals surface area (Å²) in [7, 11) is -3.84. The van der Waals surface area contributed by atoms with Crippen molar-refractivity contribution in [2.24, 2.45) is 0 Å². The van der Waals surface area contributed by atoms with E-state index in [4.69, 9.17) is 0 Å². The Morgan fingerprint density at radius 3 is 2.36 bits per heavy atom. The second kappa shape index (κ2) is 10.9. The number of thioether (sulfide) groups is 1. The lowest BCUT2D eigenvalue weighted by molar-refractivity contribution is 0.0956. The summed E-state index contributed by atoms with van der Waals surface area (Å²) in [6.45, 7) is 8.06. The van der Waals surface area contributed by atoms with Gasteiger partial charge in [-0.1, -0.05) is 48.0 Å². The summed E-state index contributed by atoms with van der Waals surface area (Å²) in [5.41, 5.74) is 5.73. The number of hydrogen-bond acceptors (Lipinski definition) is 4. The highest BCUT2D eigenvalue weighted by atomic mass is 32.2. The van der Waals surface area contributed by atoms with Crippen LogP contribution in [0.1, 0.15) is 38.2 Å². The van der Waals surface area contributed by atoms with Gasteiger partial charge in [0.2, 0.25) is 0 Å². The second-order valence-corrected chi connectivity index (χ2v) is 11.0. The SMILES string of the molecule is Cc1cccc(CSCCNC(=O)c2ccc(C)c(S(=O)(=O)Nc3cc(C)ccc3C)c2)c1. The molecule has 5 nitrogen and oxygen atoms in total.